The minimum Gasteiger partial charge on any atom is -0.384 e. The molecule has 0 amide bonds. The SMILES string of the molecule is Cc1cccc(Sc2nc3c(cc2C(=N)N)CCC3)c1. The minimum absolute atomic E-state index is 0.0994. The van der Waals surface area contributed by atoms with E-state index in [1.54, 1.807) is 11.8 Å². The van der Waals surface area contributed by atoms with Gasteiger partial charge in [0.15, 0.2) is 0 Å². The Kier molecular flexibility index (Phi) is 3.49. The summed E-state index contributed by atoms with van der Waals surface area (Å²) >= 11 is 1.59. The van der Waals surface area contributed by atoms with Crippen molar-refractivity contribution in [3.8, 4) is 0 Å². The molecule has 1 heterocycles. The summed E-state index contributed by atoms with van der Waals surface area (Å²) in [6.45, 7) is 2.08. The zero-order valence-corrected chi connectivity index (χ0v) is 12.3. The predicted molar refractivity (Wildman–Crippen MR) is 82.6 cm³/mol. The van der Waals surface area contributed by atoms with Crippen molar-refractivity contribution < 1.29 is 0 Å². The number of benzene rings is 1. The van der Waals surface area contributed by atoms with Gasteiger partial charge >= 0.3 is 0 Å². The Labute approximate surface area is 123 Å². The van der Waals surface area contributed by atoms with Crippen LogP contribution in [0.25, 0.3) is 0 Å². The second-order valence-electron chi connectivity index (χ2n) is 5.13. The molecule has 1 aromatic heterocycles. The first-order valence-electron chi connectivity index (χ1n) is 6.75. The summed E-state index contributed by atoms with van der Waals surface area (Å²) in [6, 6.07) is 10.4. The van der Waals surface area contributed by atoms with Gasteiger partial charge in [-0.2, -0.15) is 0 Å². The molecule has 3 rings (SSSR count). The highest BCUT2D eigenvalue weighted by Crippen LogP contribution is 2.32. The molecule has 0 saturated heterocycles. The van der Waals surface area contributed by atoms with Crippen molar-refractivity contribution in [3.05, 3.63) is 52.7 Å². The summed E-state index contributed by atoms with van der Waals surface area (Å²) in [5.74, 6) is 0.0994. The fourth-order valence-electron chi connectivity index (χ4n) is 2.51. The monoisotopic (exact) mass is 283 g/mol. The third kappa shape index (κ3) is 2.56. The van der Waals surface area contributed by atoms with E-state index in [4.69, 9.17) is 16.1 Å². The maximum absolute atomic E-state index is 7.77. The average Bonchev–Trinajstić information content (AvgIpc) is 2.84. The highest BCUT2D eigenvalue weighted by atomic mass is 32.2. The van der Waals surface area contributed by atoms with Crippen molar-refractivity contribution in [1.82, 2.24) is 4.98 Å². The molecule has 3 N–H and O–H groups in total. The first-order valence-corrected chi connectivity index (χ1v) is 7.57. The number of aryl methyl sites for hydroxylation is 3. The molecule has 0 saturated carbocycles. The maximum atomic E-state index is 7.77. The minimum atomic E-state index is 0.0994. The van der Waals surface area contributed by atoms with Gasteiger partial charge in [0.2, 0.25) is 0 Å². The molecule has 0 unspecified atom stereocenters. The summed E-state index contributed by atoms with van der Waals surface area (Å²) in [5.41, 5.74) is 10.1. The van der Waals surface area contributed by atoms with Crippen LogP contribution >= 0.6 is 11.8 Å². The van der Waals surface area contributed by atoms with Crippen LogP contribution in [-0.4, -0.2) is 10.8 Å². The van der Waals surface area contributed by atoms with Crippen LogP contribution in [0, 0.1) is 12.3 Å². The normalized spacial score (nSPS) is 13.2. The zero-order chi connectivity index (χ0) is 14.1. The molecule has 0 radical (unpaired) electrons. The number of nitrogens with one attached hydrogen (secondary N) is 1. The molecule has 1 aliphatic carbocycles. The van der Waals surface area contributed by atoms with Crippen LogP contribution in [0.15, 0.2) is 40.3 Å². The molecule has 1 aromatic carbocycles. The van der Waals surface area contributed by atoms with Gasteiger partial charge < -0.3 is 5.73 Å². The zero-order valence-electron chi connectivity index (χ0n) is 11.4. The van der Waals surface area contributed by atoms with Crippen molar-refractivity contribution in [3.63, 3.8) is 0 Å². The third-order valence-corrected chi connectivity index (χ3v) is 4.50. The lowest BCUT2D eigenvalue weighted by molar-refractivity contribution is 0.891. The Morgan fingerprint density at radius 1 is 1.30 bits per heavy atom. The van der Waals surface area contributed by atoms with Crippen LogP contribution in [0.2, 0.25) is 0 Å². The van der Waals surface area contributed by atoms with Gasteiger partial charge in [-0.1, -0.05) is 29.5 Å². The van der Waals surface area contributed by atoms with E-state index in [-0.39, 0.29) is 5.84 Å². The van der Waals surface area contributed by atoms with Gasteiger partial charge in [-0.05, 0) is 49.9 Å². The van der Waals surface area contributed by atoms with Crippen LogP contribution in [0.1, 0.15) is 28.8 Å². The number of amidine groups is 1. The lowest BCUT2D eigenvalue weighted by atomic mass is 10.1. The van der Waals surface area contributed by atoms with Crippen LogP contribution in [0.4, 0.5) is 0 Å². The highest BCUT2D eigenvalue weighted by Gasteiger charge is 2.18. The number of nitrogens with zero attached hydrogens (tertiary/aromatic N) is 1. The third-order valence-electron chi connectivity index (χ3n) is 3.51. The fraction of sp³-hybridized carbons (Fsp3) is 0.250. The molecular weight excluding hydrogens is 266 g/mol. The Morgan fingerprint density at radius 3 is 2.90 bits per heavy atom. The first kappa shape index (κ1) is 13.2. The van der Waals surface area contributed by atoms with E-state index in [0.29, 0.717) is 0 Å². The second-order valence-corrected chi connectivity index (χ2v) is 6.19. The van der Waals surface area contributed by atoms with E-state index >= 15 is 0 Å². The highest BCUT2D eigenvalue weighted by molar-refractivity contribution is 7.99. The van der Waals surface area contributed by atoms with Crippen molar-refractivity contribution in [2.24, 2.45) is 5.73 Å². The lowest BCUT2D eigenvalue weighted by Crippen LogP contribution is -2.14. The summed E-state index contributed by atoms with van der Waals surface area (Å²) < 4.78 is 0. The summed E-state index contributed by atoms with van der Waals surface area (Å²) in [7, 11) is 0. The molecule has 0 aliphatic heterocycles. The van der Waals surface area contributed by atoms with Crippen molar-refractivity contribution in [2.45, 2.75) is 36.1 Å². The van der Waals surface area contributed by atoms with E-state index in [9.17, 15) is 0 Å². The molecule has 0 atom stereocenters. The van der Waals surface area contributed by atoms with Gasteiger partial charge in [0.25, 0.3) is 0 Å². The fourth-order valence-corrected chi connectivity index (χ4v) is 3.56. The largest absolute Gasteiger partial charge is 0.384 e. The quantitative estimate of drug-likeness (QED) is 0.671. The number of hydrogen-bond acceptors (Lipinski definition) is 3. The van der Waals surface area contributed by atoms with Crippen LogP contribution in [-0.2, 0) is 12.8 Å². The molecule has 20 heavy (non-hydrogen) atoms. The summed E-state index contributed by atoms with van der Waals surface area (Å²) in [4.78, 5) is 5.88. The van der Waals surface area contributed by atoms with E-state index in [1.807, 2.05) is 6.07 Å². The van der Waals surface area contributed by atoms with Crippen molar-refractivity contribution in [2.75, 3.05) is 0 Å². The number of fused-ring (bicyclic) bond motifs is 1. The predicted octanol–water partition coefficient (Wildman–Crippen LogP) is 3.31. The molecular formula is C16H17N3S. The van der Waals surface area contributed by atoms with Gasteiger partial charge in [0.1, 0.15) is 10.9 Å². The Morgan fingerprint density at radius 2 is 2.15 bits per heavy atom. The van der Waals surface area contributed by atoms with Crippen LogP contribution < -0.4 is 5.73 Å². The standard InChI is InChI=1S/C16H17N3S/c1-10-4-2-6-12(8-10)20-16-13(15(17)18)9-11-5-3-7-14(11)19-16/h2,4,6,8-9H,3,5,7H2,1H3,(H3,17,18). The number of rotatable bonds is 3. The molecule has 0 spiro atoms. The van der Waals surface area contributed by atoms with E-state index in [2.05, 4.69) is 31.2 Å². The average molecular weight is 283 g/mol. The number of hydrogen-bond donors (Lipinski definition) is 2. The summed E-state index contributed by atoms with van der Waals surface area (Å²) in [5, 5.41) is 8.62. The van der Waals surface area contributed by atoms with Gasteiger partial charge in [-0.15, -0.1) is 0 Å². The van der Waals surface area contributed by atoms with E-state index in [1.165, 1.54) is 16.8 Å². The van der Waals surface area contributed by atoms with Crippen molar-refractivity contribution in [1.29, 1.82) is 5.41 Å². The van der Waals surface area contributed by atoms with Crippen LogP contribution in [0.5, 0.6) is 0 Å². The molecule has 4 heteroatoms. The molecule has 2 aromatic rings. The van der Waals surface area contributed by atoms with Crippen LogP contribution in [0.3, 0.4) is 0 Å². The number of nitrogen functional groups attached to an aromatic ring is 1. The Balaban J connectivity index is 2.01. The number of aromatic nitrogens is 1. The molecule has 3 nitrogen and oxygen atoms in total. The molecule has 0 bridgehead atoms. The maximum Gasteiger partial charge on any atom is 0.125 e. The molecule has 0 fully saturated rings. The number of nitrogens with two attached hydrogens (primary N) is 1. The van der Waals surface area contributed by atoms with E-state index < -0.39 is 0 Å². The first-order chi connectivity index (χ1) is 9.63. The smallest absolute Gasteiger partial charge is 0.125 e. The Bertz CT molecular complexity index is 679. The van der Waals surface area contributed by atoms with E-state index in [0.717, 1.165) is 34.7 Å². The van der Waals surface area contributed by atoms with Gasteiger partial charge in [-0.3, -0.25) is 5.41 Å². The van der Waals surface area contributed by atoms with Crippen molar-refractivity contribution >= 4 is 17.6 Å². The molecule has 1 aliphatic rings. The summed E-state index contributed by atoms with van der Waals surface area (Å²) in [6.07, 6.45) is 3.24. The van der Waals surface area contributed by atoms with Gasteiger partial charge in [-0.25, -0.2) is 4.98 Å². The molecule has 102 valence electrons. The second kappa shape index (κ2) is 5.29. The topological polar surface area (TPSA) is 62.8 Å². The number of pyridine rings is 1. The van der Waals surface area contributed by atoms with Gasteiger partial charge in [0, 0.05) is 16.2 Å². The van der Waals surface area contributed by atoms with Gasteiger partial charge in [0.05, 0.1) is 0 Å². The lowest BCUT2D eigenvalue weighted by Gasteiger charge is -2.10. The Hall–Kier alpha value is -1.81.